The van der Waals surface area contributed by atoms with Gasteiger partial charge in [-0.15, -0.1) is 0 Å². The number of hydrogen-bond acceptors (Lipinski definition) is 5. The highest BCUT2D eigenvalue weighted by molar-refractivity contribution is 5.79. The Labute approximate surface area is 170 Å². The number of amides is 1. The second kappa shape index (κ2) is 12.8. The van der Waals surface area contributed by atoms with Crippen molar-refractivity contribution in [2.75, 3.05) is 39.5 Å². The van der Waals surface area contributed by atoms with Crippen LogP contribution in [0.4, 0.5) is 4.79 Å². The van der Waals surface area contributed by atoms with Crippen molar-refractivity contribution in [1.82, 2.24) is 16.0 Å². The van der Waals surface area contributed by atoms with Crippen LogP contribution < -0.4 is 16.0 Å². The minimum absolute atomic E-state index is 0.101. The summed E-state index contributed by atoms with van der Waals surface area (Å²) in [5.41, 5.74) is -0.516. The maximum Gasteiger partial charge on any atom is 0.407 e. The second-order valence-electron chi connectivity index (χ2n) is 8.35. The fourth-order valence-corrected chi connectivity index (χ4v) is 2.59. The Hall–Kier alpha value is -1.54. The zero-order valence-electron chi connectivity index (χ0n) is 18.5. The van der Waals surface area contributed by atoms with Crippen LogP contribution in [0, 0.1) is 5.92 Å². The Morgan fingerprint density at radius 1 is 1.29 bits per heavy atom. The Morgan fingerprint density at radius 3 is 2.61 bits per heavy atom. The van der Waals surface area contributed by atoms with Crippen LogP contribution in [-0.2, 0) is 14.2 Å². The van der Waals surface area contributed by atoms with E-state index in [1.165, 1.54) is 0 Å². The van der Waals surface area contributed by atoms with Crippen LogP contribution in [0.25, 0.3) is 0 Å². The van der Waals surface area contributed by atoms with Gasteiger partial charge >= 0.3 is 6.09 Å². The van der Waals surface area contributed by atoms with E-state index in [0.717, 1.165) is 38.5 Å². The molecule has 0 aliphatic carbocycles. The number of ether oxygens (including phenoxy) is 3. The SMILES string of the molecule is CCNC(=NCC(NC(=O)OC(C)(C)C)C(C)C)NCCCOC1CCOC1. The third-order valence-electron chi connectivity index (χ3n) is 4.15. The predicted molar refractivity (Wildman–Crippen MR) is 112 cm³/mol. The average molecular weight is 401 g/mol. The number of hydrogen-bond donors (Lipinski definition) is 3. The van der Waals surface area contributed by atoms with Crippen LogP contribution in [0.5, 0.6) is 0 Å². The molecule has 0 radical (unpaired) electrons. The highest BCUT2D eigenvalue weighted by atomic mass is 16.6. The van der Waals surface area contributed by atoms with Gasteiger partial charge in [0.15, 0.2) is 5.96 Å². The molecule has 0 saturated carbocycles. The van der Waals surface area contributed by atoms with Crippen molar-refractivity contribution in [3.05, 3.63) is 0 Å². The van der Waals surface area contributed by atoms with Crippen molar-refractivity contribution in [3.8, 4) is 0 Å². The van der Waals surface area contributed by atoms with Gasteiger partial charge in [-0.05, 0) is 46.5 Å². The van der Waals surface area contributed by atoms with E-state index in [9.17, 15) is 4.79 Å². The van der Waals surface area contributed by atoms with Crippen LogP contribution >= 0.6 is 0 Å². The maximum absolute atomic E-state index is 12.1. The lowest BCUT2D eigenvalue weighted by Crippen LogP contribution is -2.45. The zero-order valence-corrected chi connectivity index (χ0v) is 18.5. The first kappa shape index (κ1) is 24.5. The molecule has 1 aliphatic rings. The fourth-order valence-electron chi connectivity index (χ4n) is 2.59. The second-order valence-corrected chi connectivity index (χ2v) is 8.35. The van der Waals surface area contributed by atoms with Gasteiger partial charge < -0.3 is 30.2 Å². The van der Waals surface area contributed by atoms with Crippen molar-refractivity contribution in [2.24, 2.45) is 10.9 Å². The van der Waals surface area contributed by atoms with Crippen LogP contribution in [0.15, 0.2) is 4.99 Å². The lowest BCUT2D eigenvalue weighted by molar-refractivity contribution is 0.0419. The van der Waals surface area contributed by atoms with Crippen molar-refractivity contribution in [1.29, 1.82) is 0 Å². The molecule has 28 heavy (non-hydrogen) atoms. The fraction of sp³-hybridized carbons (Fsp3) is 0.900. The number of carbonyl (C=O) groups is 1. The van der Waals surface area contributed by atoms with Crippen LogP contribution in [-0.4, -0.2) is 69.3 Å². The van der Waals surface area contributed by atoms with Gasteiger partial charge in [-0.1, -0.05) is 13.8 Å². The highest BCUT2D eigenvalue weighted by Crippen LogP contribution is 2.09. The van der Waals surface area contributed by atoms with E-state index in [1.807, 2.05) is 27.7 Å². The van der Waals surface area contributed by atoms with Gasteiger partial charge in [0.2, 0.25) is 0 Å². The molecule has 1 amide bonds. The number of guanidine groups is 1. The van der Waals surface area contributed by atoms with E-state index >= 15 is 0 Å². The summed E-state index contributed by atoms with van der Waals surface area (Å²) < 4.78 is 16.4. The summed E-state index contributed by atoms with van der Waals surface area (Å²) in [6.45, 7) is 15.9. The number of alkyl carbamates (subject to hydrolysis) is 1. The third kappa shape index (κ3) is 11.3. The molecular weight excluding hydrogens is 360 g/mol. The first-order chi connectivity index (χ1) is 13.2. The monoisotopic (exact) mass is 400 g/mol. The van der Waals surface area contributed by atoms with Crippen LogP contribution in [0.3, 0.4) is 0 Å². The summed E-state index contributed by atoms with van der Waals surface area (Å²) in [5, 5.41) is 9.47. The van der Waals surface area contributed by atoms with Gasteiger partial charge in [0, 0.05) is 26.3 Å². The summed E-state index contributed by atoms with van der Waals surface area (Å²) >= 11 is 0. The molecular formula is C20H40N4O4. The number of aliphatic imine (C=N–C) groups is 1. The molecule has 0 bridgehead atoms. The molecule has 0 aromatic heterocycles. The summed E-state index contributed by atoms with van der Waals surface area (Å²) in [6.07, 6.45) is 1.71. The van der Waals surface area contributed by atoms with Gasteiger partial charge in [0.1, 0.15) is 5.60 Å². The molecule has 2 unspecified atom stereocenters. The molecule has 2 atom stereocenters. The lowest BCUT2D eigenvalue weighted by atomic mass is 10.1. The van der Waals surface area contributed by atoms with Gasteiger partial charge in [0.05, 0.1) is 25.3 Å². The molecule has 164 valence electrons. The van der Waals surface area contributed by atoms with E-state index < -0.39 is 11.7 Å². The van der Waals surface area contributed by atoms with E-state index in [2.05, 4.69) is 34.8 Å². The molecule has 3 N–H and O–H groups in total. The zero-order chi connectivity index (χ0) is 21.0. The largest absolute Gasteiger partial charge is 0.444 e. The summed E-state index contributed by atoms with van der Waals surface area (Å²) in [5.74, 6) is 0.976. The topological polar surface area (TPSA) is 93.2 Å². The first-order valence-corrected chi connectivity index (χ1v) is 10.4. The number of carbonyl (C=O) groups excluding carboxylic acids is 1. The maximum atomic E-state index is 12.1. The Morgan fingerprint density at radius 2 is 2.04 bits per heavy atom. The normalized spacial score (nSPS) is 18.8. The minimum Gasteiger partial charge on any atom is -0.444 e. The van der Waals surface area contributed by atoms with E-state index in [-0.39, 0.29) is 18.1 Å². The number of nitrogens with zero attached hydrogens (tertiary/aromatic N) is 1. The standard InChI is InChI=1S/C20H40N4O4/c1-7-21-18(22-10-8-11-27-16-9-12-26-14-16)23-13-17(15(2)3)24-19(25)28-20(4,5)6/h15-17H,7-14H2,1-6H3,(H,24,25)(H2,21,22,23). The van der Waals surface area contributed by atoms with Gasteiger partial charge in [-0.2, -0.15) is 0 Å². The highest BCUT2D eigenvalue weighted by Gasteiger charge is 2.21. The Kier molecular flexibility index (Phi) is 11.2. The molecule has 8 nitrogen and oxygen atoms in total. The van der Waals surface area contributed by atoms with Gasteiger partial charge in [-0.3, -0.25) is 4.99 Å². The molecule has 1 saturated heterocycles. The molecule has 0 aromatic rings. The van der Waals surface area contributed by atoms with Crippen molar-refractivity contribution >= 4 is 12.1 Å². The average Bonchev–Trinajstić information content (AvgIpc) is 3.09. The van der Waals surface area contributed by atoms with Crippen molar-refractivity contribution in [3.63, 3.8) is 0 Å². The molecule has 1 heterocycles. The lowest BCUT2D eigenvalue weighted by Gasteiger charge is -2.25. The van der Waals surface area contributed by atoms with E-state index in [1.54, 1.807) is 0 Å². The smallest absolute Gasteiger partial charge is 0.407 e. The number of nitrogens with one attached hydrogen (secondary N) is 3. The molecule has 1 fully saturated rings. The molecule has 0 spiro atoms. The third-order valence-corrected chi connectivity index (χ3v) is 4.15. The first-order valence-electron chi connectivity index (χ1n) is 10.4. The number of rotatable bonds is 10. The van der Waals surface area contributed by atoms with Crippen LogP contribution in [0.2, 0.25) is 0 Å². The van der Waals surface area contributed by atoms with E-state index in [4.69, 9.17) is 14.2 Å². The molecule has 1 aliphatic heterocycles. The van der Waals surface area contributed by atoms with Crippen LogP contribution in [0.1, 0.15) is 54.4 Å². The summed E-state index contributed by atoms with van der Waals surface area (Å²) in [7, 11) is 0. The van der Waals surface area contributed by atoms with E-state index in [0.29, 0.717) is 19.8 Å². The van der Waals surface area contributed by atoms with Gasteiger partial charge in [0.25, 0.3) is 0 Å². The molecule has 0 aromatic carbocycles. The summed E-state index contributed by atoms with van der Waals surface area (Å²) in [4.78, 5) is 16.7. The Bertz CT molecular complexity index is 471. The predicted octanol–water partition coefficient (Wildman–Crippen LogP) is 2.29. The minimum atomic E-state index is -0.516. The molecule has 8 heteroatoms. The van der Waals surface area contributed by atoms with Crippen molar-refractivity contribution < 1.29 is 19.0 Å². The van der Waals surface area contributed by atoms with Gasteiger partial charge in [-0.25, -0.2) is 4.79 Å². The van der Waals surface area contributed by atoms with Crippen molar-refractivity contribution in [2.45, 2.75) is 72.1 Å². The quantitative estimate of drug-likeness (QED) is 0.296. The summed E-state index contributed by atoms with van der Waals surface area (Å²) in [6, 6.07) is -0.101. The molecule has 1 rings (SSSR count). The Balaban J connectivity index is 2.41.